The number of rotatable bonds is 6. The molecule has 2 heteroatoms. The molecule has 0 aliphatic heterocycles. The average molecular weight is 258 g/mol. The minimum absolute atomic E-state index is 0.783. The molecule has 1 aromatic rings. The van der Waals surface area contributed by atoms with E-state index in [0.717, 1.165) is 18.5 Å². The van der Waals surface area contributed by atoms with Crippen LogP contribution in [-0.2, 0) is 6.54 Å². The third kappa shape index (κ3) is 3.30. The summed E-state index contributed by atoms with van der Waals surface area (Å²) in [4.78, 5) is 2.47. The Morgan fingerprint density at radius 2 is 2.00 bits per heavy atom. The molecular weight excluding hydrogens is 232 g/mol. The summed E-state index contributed by atoms with van der Waals surface area (Å²) >= 11 is 0. The van der Waals surface area contributed by atoms with Gasteiger partial charge in [-0.05, 0) is 50.2 Å². The van der Waals surface area contributed by atoms with Gasteiger partial charge in [-0.25, -0.2) is 0 Å². The molecule has 0 atom stereocenters. The van der Waals surface area contributed by atoms with Gasteiger partial charge in [0.05, 0.1) is 0 Å². The Balaban J connectivity index is 1.69. The second kappa shape index (κ2) is 5.54. The highest BCUT2D eigenvalue weighted by Gasteiger charge is 2.22. The van der Waals surface area contributed by atoms with Crippen LogP contribution < -0.4 is 10.2 Å². The number of nitrogens with one attached hydrogen (secondary N) is 1. The highest BCUT2D eigenvalue weighted by Crippen LogP contribution is 2.30. The first kappa shape index (κ1) is 13.0. The quantitative estimate of drug-likeness (QED) is 0.840. The van der Waals surface area contributed by atoms with Crippen molar-refractivity contribution in [2.45, 2.75) is 51.6 Å². The predicted octanol–water partition coefficient (Wildman–Crippen LogP) is 3.48. The van der Waals surface area contributed by atoms with Crippen molar-refractivity contribution in [3.05, 3.63) is 29.3 Å². The molecule has 0 bridgehead atoms. The summed E-state index contributed by atoms with van der Waals surface area (Å²) in [6, 6.07) is 7.68. The highest BCUT2D eigenvalue weighted by molar-refractivity contribution is 5.54. The summed E-state index contributed by atoms with van der Waals surface area (Å²) in [5, 5.41) is 3.65. The normalized spacial score (nSPS) is 19.3. The molecule has 2 aliphatic rings. The molecule has 0 saturated heterocycles. The minimum atomic E-state index is 0.783. The largest absolute Gasteiger partial charge is 0.374 e. The van der Waals surface area contributed by atoms with Crippen LogP contribution in [-0.4, -0.2) is 19.6 Å². The van der Waals surface area contributed by atoms with Crippen LogP contribution in [0.2, 0.25) is 0 Å². The van der Waals surface area contributed by atoms with Crippen molar-refractivity contribution in [2.24, 2.45) is 5.92 Å². The van der Waals surface area contributed by atoms with E-state index in [4.69, 9.17) is 0 Å². The summed E-state index contributed by atoms with van der Waals surface area (Å²) in [6.07, 6.45) is 7.00. The van der Waals surface area contributed by atoms with Gasteiger partial charge in [0.1, 0.15) is 0 Å². The molecule has 0 radical (unpaired) electrons. The Labute approximate surface area is 117 Å². The van der Waals surface area contributed by atoms with Crippen LogP contribution in [0.25, 0.3) is 0 Å². The standard InChI is InChI=1S/C17H26N2/c1-13-6-9-17(19(2)12-14-4-3-5-14)15(10-13)11-18-16-7-8-16/h6,9-10,14,16,18H,3-5,7-8,11-12H2,1-2H3. The zero-order chi connectivity index (χ0) is 13.2. The molecule has 0 heterocycles. The molecule has 0 aromatic heterocycles. The van der Waals surface area contributed by atoms with Gasteiger partial charge < -0.3 is 10.2 Å². The summed E-state index contributed by atoms with van der Waals surface area (Å²) in [5.41, 5.74) is 4.26. The molecule has 2 aliphatic carbocycles. The first-order valence-corrected chi connectivity index (χ1v) is 7.76. The lowest BCUT2D eigenvalue weighted by atomic mass is 9.85. The lowest BCUT2D eigenvalue weighted by molar-refractivity contribution is 0.321. The Morgan fingerprint density at radius 3 is 2.63 bits per heavy atom. The van der Waals surface area contributed by atoms with Gasteiger partial charge in [-0.2, -0.15) is 0 Å². The summed E-state index contributed by atoms with van der Waals surface area (Å²) in [5.74, 6) is 0.926. The second-order valence-corrected chi connectivity index (χ2v) is 6.46. The van der Waals surface area contributed by atoms with Gasteiger partial charge in [0.15, 0.2) is 0 Å². The number of aryl methyl sites for hydroxylation is 1. The molecule has 1 N–H and O–H groups in total. The predicted molar refractivity (Wildman–Crippen MR) is 81.7 cm³/mol. The van der Waals surface area contributed by atoms with E-state index in [1.807, 2.05) is 0 Å². The summed E-state index contributed by atoms with van der Waals surface area (Å²) in [6.45, 7) is 4.44. The Morgan fingerprint density at radius 1 is 1.21 bits per heavy atom. The second-order valence-electron chi connectivity index (χ2n) is 6.46. The number of nitrogens with zero attached hydrogens (tertiary/aromatic N) is 1. The maximum absolute atomic E-state index is 3.65. The molecule has 2 fully saturated rings. The molecule has 3 rings (SSSR count). The van der Waals surface area contributed by atoms with Crippen molar-refractivity contribution in [2.75, 3.05) is 18.5 Å². The van der Waals surface area contributed by atoms with Crippen LogP contribution in [0.4, 0.5) is 5.69 Å². The minimum Gasteiger partial charge on any atom is -0.374 e. The third-order valence-electron chi connectivity index (χ3n) is 4.56. The van der Waals surface area contributed by atoms with E-state index in [1.165, 1.54) is 55.5 Å². The first-order chi connectivity index (χ1) is 9.22. The van der Waals surface area contributed by atoms with Crippen LogP contribution in [0.1, 0.15) is 43.2 Å². The fourth-order valence-electron chi connectivity index (χ4n) is 2.93. The molecule has 2 saturated carbocycles. The highest BCUT2D eigenvalue weighted by atomic mass is 15.1. The van der Waals surface area contributed by atoms with E-state index in [9.17, 15) is 0 Å². The number of benzene rings is 1. The molecule has 2 nitrogen and oxygen atoms in total. The maximum Gasteiger partial charge on any atom is 0.0409 e. The van der Waals surface area contributed by atoms with Crippen molar-refractivity contribution in [1.82, 2.24) is 5.32 Å². The lowest BCUT2D eigenvalue weighted by Crippen LogP contribution is -2.30. The van der Waals surface area contributed by atoms with Gasteiger partial charge in [-0.3, -0.25) is 0 Å². The fraction of sp³-hybridized carbons (Fsp3) is 0.647. The van der Waals surface area contributed by atoms with Gasteiger partial charge in [-0.1, -0.05) is 24.1 Å². The molecule has 104 valence electrons. The molecule has 0 spiro atoms. The van der Waals surface area contributed by atoms with Crippen molar-refractivity contribution in [1.29, 1.82) is 0 Å². The van der Waals surface area contributed by atoms with E-state index in [-0.39, 0.29) is 0 Å². The summed E-state index contributed by atoms with van der Waals surface area (Å²) < 4.78 is 0. The Kier molecular flexibility index (Phi) is 3.79. The van der Waals surface area contributed by atoms with Crippen LogP contribution in [0.15, 0.2) is 18.2 Å². The van der Waals surface area contributed by atoms with E-state index in [1.54, 1.807) is 0 Å². The average Bonchev–Trinajstić information content (AvgIpc) is 3.15. The molecule has 19 heavy (non-hydrogen) atoms. The van der Waals surface area contributed by atoms with E-state index < -0.39 is 0 Å². The van der Waals surface area contributed by atoms with Crippen molar-refractivity contribution in [3.8, 4) is 0 Å². The van der Waals surface area contributed by atoms with Crippen LogP contribution in [0.3, 0.4) is 0 Å². The van der Waals surface area contributed by atoms with Gasteiger partial charge in [0, 0.05) is 31.9 Å². The Bertz CT molecular complexity index is 433. The SMILES string of the molecule is Cc1ccc(N(C)CC2CCC2)c(CNC2CC2)c1. The van der Waals surface area contributed by atoms with Crippen molar-refractivity contribution < 1.29 is 0 Å². The van der Waals surface area contributed by atoms with Crippen molar-refractivity contribution >= 4 is 5.69 Å². The van der Waals surface area contributed by atoms with Gasteiger partial charge in [0.25, 0.3) is 0 Å². The lowest BCUT2D eigenvalue weighted by Gasteiger charge is -2.32. The molecule has 1 aromatic carbocycles. The first-order valence-electron chi connectivity index (χ1n) is 7.76. The molecular formula is C17H26N2. The van der Waals surface area contributed by atoms with Crippen LogP contribution >= 0.6 is 0 Å². The van der Waals surface area contributed by atoms with Crippen LogP contribution in [0, 0.1) is 12.8 Å². The van der Waals surface area contributed by atoms with Gasteiger partial charge in [-0.15, -0.1) is 0 Å². The van der Waals surface area contributed by atoms with Gasteiger partial charge >= 0.3 is 0 Å². The topological polar surface area (TPSA) is 15.3 Å². The maximum atomic E-state index is 3.65. The monoisotopic (exact) mass is 258 g/mol. The molecule has 0 unspecified atom stereocenters. The van der Waals surface area contributed by atoms with Crippen LogP contribution in [0.5, 0.6) is 0 Å². The van der Waals surface area contributed by atoms with E-state index >= 15 is 0 Å². The smallest absolute Gasteiger partial charge is 0.0409 e. The summed E-state index contributed by atoms with van der Waals surface area (Å²) in [7, 11) is 2.25. The number of hydrogen-bond donors (Lipinski definition) is 1. The number of anilines is 1. The zero-order valence-electron chi connectivity index (χ0n) is 12.3. The van der Waals surface area contributed by atoms with E-state index in [2.05, 4.69) is 42.4 Å². The fourth-order valence-corrected chi connectivity index (χ4v) is 2.93. The Hall–Kier alpha value is -1.02. The third-order valence-corrected chi connectivity index (χ3v) is 4.56. The van der Waals surface area contributed by atoms with Crippen molar-refractivity contribution in [3.63, 3.8) is 0 Å². The van der Waals surface area contributed by atoms with E-state index in [0.29, 0.717) is 0 Å². The van der Waals surface area contributed by atoms with Gasteiger partial charge in [0.2, 0.25) is 0 Å². The number of hydrogen-bond acceptors (Lipinski definition) is 2. The molecule has 0 amide bonds. The zero-order valence-corrected chi connectivity index (χ0v) is 12.3.